The molecule has 0 N–H and O–H groups in total. The Morgan fingerprint density at radius 2 is 1.57 bits per heavy atom. The van der Waals surface area contributed by atoms with Crippen LogP contribution in [0.25, 0.3) is 0 Å². The Balaban J connectivity index is 1.72. The normalized spacial score (nSPS) is 25.5. The minimum Gasteiger partial charge on any atom is -0.302 e. The SMILES string of the molecule is CON1CCC2(CC1)C(=O)C(c1c(C)cc(C)cc1C)C(=O)N2OC1CCCCC1. The zero-order valence-electron chi connectivity index (χ0n) is 18.7. The Morgan fingerprint density at radius 3 is 2.13 bits per heavy atom. The first-order chi connectivity index (χ1) is 14.4. The summed E-state index contributed by atoms with van der Waals surface area (Å²) in [5.41, 5.74) is 3.12. The van der Waals surface area contributed by atoms with Crippen LogP contribution in [0.4, 0.5) is 0 Å². The lowest BCUT2D eigenvalue weighted by Crippen LogP contribution is -2.57. The second-order valence-electron chi connectivity index (χ2n) is 9.25. The molecule has 6 heteroatoms. The van der Waals surface area contributed by atoms with Crippen molar-refractivity contribution in [2.45, 2.75) is 83.3 Å². The number of hydrogen-bond acceptors (Lipinski definition) is 5. The Hall–Kier alpha value is -1.76. The quantitative estimate of drug-likeness (QED) is 0.702. The topological polar surface area (TPSA) is 59.1 Å². The number of aryl methyl sites for hydroxylation is 3. The van der Waals surface area contributed by atoms with Gasteiger partial charge < -0.3 is 4.84 Å². The van der Waals surface area contributed by atoms with Gasteiger partial charge in [0.05, 0.1) is 13.2 Å². The lowest BCUT2D eigenvalue weighted by molar-refractivity contribution is -0.251. The van der Waals surface area contributed by atoms with Gasteiger partial charge in [0.2, 0.25) is 0 Å². The lowest BCUT2D eigenvalue weighted by atomic mass is 9.79. The van der Waals surface area contributed by atoms with Crippen molar-refractivity contribution in [2.75, 3.05) is 20.2 Å². The second-order valence-corrected chi connectivity index (χ2v) is 9.25. The maximum absolute atomic E-state index is 13.9. The molecule has 0 aromatic heterocycles. The van der Waals surface area contributed by atoms with Gasteiger partial charge in [-0.2, -0.15) is 5.06 Å². The molecule has 0 radical (unpaired) electrons. The van der Waals surface area contributed by atoms with E-state index >= 15 is 0 Å². The number of benzene rings is 1. The zero-order chi connectivity index (χ0) is 21.5. The van der Waals surface area contributed by atoms with Crippen molar-refractivity contribution in [3.05, 3.63) is 34.4 Å². The number of Topliss-reactive ketones (excluding diaryl/α,β-unsaturated/α-hetero) is 1. The van der Waals surface area contributed by atoms with Crippen molar-refractivity contribution < 1.29 is 19.3 Å². The maximum Gasteiger partial charge on any atom is 0.262 e. The maximum atomic E-state index is 13.9. The van der Waals surface area contributed by atoms with E-state index in [1.807, 2.05) is 25.8 Å². The molecule has 30 heavy (non-hydrogen) atoms. The largest absolute Gasteiger partial charge is 0.302 e. The molecule has 1 atom stereocenters. The van der Waals surface area contributed by atoms with Gasteiger partial charge in [-0.05, 0) is 63.1 Å². The number of piperidine rings is 1. The highest BCUT2D eigenvalue weighted by Gasteiger charge is 2.61. The summed E-state index contributed by atoms with van der Waals surface area (Å²) in [6.07, 6.45) is 6.45. The summed E-state index contributed by atoms with van der Waals surface area (Å²) in [7, 11) is 1.65. The van der Waals surface area contributed by atoms with Crippen molar-refractivity contribution in [1.29, 1.82) is 0 Å². The van der Waals surface area contributed by atoms with Crippen LogP contribution in [0.2, 0.25) is 0 Å². The highest BCUT2D eigenvalue weighted by atomic mass is 16.7. The number of ketones is 1. The third kappa shape index (κ3) is 3.59. The number of rotatable bonds is 4. The van der Waals surface area contributed by atoms with Gasteiger partial charge in [-0.1, -0.05) is 37.0 Å². The van der Waals surface area contributed by atoms with Crippen LogP contribution in [-0.2, 0) is 19.3 Å². The summed E-state index contributed by atoms with van der Waals surface area (Å²) in [5, 5.41) is 3.37. The predicted molar refractivity (Wildman–Crippen MR) is 114 cm³/mol. The molecule has 164 valence electrons. The molecule has 4 rings (SSSR count). The fourth-order valence-corrected chi connectivity index (χ4v) is 5.67. The monoisotopic (exact) mass is 414 g/mol. The van der Waals surface area contributed by atoms with Gasteiger partial charge in [-0.15, -0.1) is 0 Å². The fourth-order valence-electron chi connectivity index (χ4n) is 5.67. The molecule has 1 saturated carbocycles. The smallest absolute Gasteiger partial charge is 0.262 e. The second kappa shape index (κ2) is 8.40. The summed E-state index contributed by atoms with van der Waals surface area (Å²) < 4.78 is 0. The molecule has 1 spiro atoms. The third-order valence-corrected chi connectivity index (χ3v) is 7.20. The van der Waals surface area contributed by atoms with E-state index in [1.54, 1.807) is 7.11 Å². The third-order valence-electron chi connectivity index (χ3n) is 7.20. The molecule has 1 amide bonds. The number of nitrogens with zero attached hydrogens (tertiary/aromatic N) is 2. The molecule has 1 unspecified atom stereocenters. The average Bonchev–Trinajstić information content (AvgIpc) is 2.91. The molecule has 1 aliphatic carbocycles. The van der Waals surface area contributed by atoms with E-state index < -0.39 is 11.5 Å². The molecule has 3 aliphatic rings. The molecule has 2 heterocycles. The lowest BCUT2D eigenvalue weighted by Gasteiger charge is -2.43. The van der Waals surface area contributed by atoms with E-state index in [0.29, 0.717) is 25.9 Å². The molecule has 2 aliphatic heterocycles. The Bertz CT molecular complexity index is 799. The fraction of sp³-hybridized carbons (Fsp3) is 0.667. The predicted octanol–water partition coefficient (Wildman–Crippen LogP) is 3.77. The van der Waals surface area contributed by atoms with E-state index in [2.05, 4.69) is 12.1 Å². The number of hydrogen-bond donors (Lipinski definition) is 0. The summed E-state index contributed by atoms with van der Waals surface area (Å²) in [6.45, 7) is 7.27. The van der Waals surface area contributed by atoms with Crippen LogP contribution in [0.3, 0.4) is 0 Å². The van der Waals surface area contributed by atoms with E-state index in [1.165, 1.54) is 11.5 Å². The summed E-state index contributed by atoms with van der Waals surface area (Å²) in [4.78, 5) is 39.4. The van der Waals surface area contributed by atoms with Gasteiger partial charge in [0.15, 0.2) is 5.78 Å². The highest BCUT2D eigenvalue weighted by molar-refractivity contribution is 6.17. The van der Waals surface area contributed by atoms with Crippen LogP contribution in [-0.4, -0.2) is 53.7 Å². The van der Waals surface area contributed by atoms with Crippen molar-refractivity contribution in [2.24, 2.45) is 0 Å². The Kier molecular flexibility index (Phi) is 6.02. The van der Waals surface area contributed by atoms with Crippen LogP contribution >= 0.6 is 0 Å². The highest BCUT2D eigenvalue weighted by Crippen LogP contribution is 2.45. The first-order valence-electron chi connectivity index (χ1n) is 11.3. The van der Waals surface area contributed by atoms with Crippen molar-refractivity contribution >= 4 is 11.7 Å². The van der Waals surface area contributed by atoms with E-state index in [4.69, 9.17) is 9.68 Å². The van der Waals surface area contributed by atoms with Crippen molar-refractivity contribution in [3.8, 4) is 0 Å². The van der Waals surface area contributed by atoms with Crippen LogP contribution in [0.5, 0.6) is 0 Å². The molecule has 0 bridgehead atoms. The van der Waals surface area contributed by atoms with Gasteiger partial charge in [-0.3, -0.25) is 14.4 Å². The number of hydroxylamine groups is 4. The van der Waals surface area contributed by atoms with Crippen LogP contribution in [0, 0.1) is 20.8 Å². The first-order valence-corrected chi connectivity index (χ1v) is 11.3. The number of amides is 1. The summed E-state index contributed by atoms with van der Waals surface area (Å²) >= 11 is 0. The van der Waals surface area contributed by atoms with Gasteiger partial charge >= 0.3 is 0 Å². The molecule has 3 fully saturated rings. The van der Waals surface area contributed by atoms with Crippen LogP contribution in [0.15, 0.2) is 12.1 Å². The minimum atomic E-state index is -0.891. The van der Waals surface area contributed by atoms with Crippen LogP contribution < -0.4 is 0 Å². The van der Waals surface area contributed by atoms with Gasteiger partial charge in [-0.25, -0.2) is 5.06 Å². The number of carbonyl (C=O) groups is 2. The van der Waals surface area contributed by atoms with E-state index in [-0.39, 0.29) is 17.8 Å². The van der Waals surface area contributed by atoms with Crippen molar-refractivity contribution in [3.63, 3.8) is 0 Å². The molecular formula is C24H34N2O4. The first kappa shape index (κ1) is 21.5. The van der Waals surface area contributed by atoms with Crippen LogP contribution in [0.1, 0.15) is 73.1 Å². The molecule has 2 saturated heterocycles. The average molecular weight is 415 g/mol. The molecule has 1 aromatic rings. The van der Waals surface area contributed by atoms with Gasteiger partial charge in [0, 0.05) is 13.1 Å². The zero-order valence-corrected chi connectivity index (χ0v) is 18.7. The standard InChI is InChI=1S/C24H34N2O4/c1-16-14-17(2)20(18(3)15-16)21-22(27)24(10-12-25(29-4)13-11-24)26(23(21)28)30-19-8-6-5-7-9-19/h14-15,19,21H,5-13H2,1-4H3. The van der Waals surface area contributed by atoms with Gasteiger partial charge in [0.1, 0.15) is 11.5 Å². The van der Waals surface area contributed by atoms with Crippen molar-refractivity contribution in [1.82, 2.24) is 10.1 Å². The molecule has 6 nitrogen and oxygen atoms in total. The summed E-state index contributed by atoms with van der Waals surface area (Å²) in [6, 6.07) is 4.13. The molecule has 1 aromatic carbocycles. The number of carbonyl (C=O) groups excluding carboxylic acids is 2. The van der Waals surface area contributed by atoms with Gasteiger partial charge in [0.25, 0.3) is 5.91 Å². The Labute approximate surface area is 179 Å². The Morgan fingerprint density at radius 1 is 0.967 bits per heavy atom. The van der Waals surface area contributed by atoms with E-state index in [9.17, 15) is 9.59 Å². The minimum absolute atomic E-state index is 0.00545. The summed E-state index contributed by atoms with van der Waals surface area (Å²) in [5.74, 6) is -0.969. The molecular weight excluding hydrogens is 380 g/mol. The van der Waals surface area contributed by atoms with E-state index in [0.717, 1.165) is 47.9 Å².